The molecule has 4 rings (SSSR count). The molecule has 1 saturated heterocycles. The number of hydrogen-bond acceptors (Lipinski definition) is 6. The van der Waals surface area contributed by atoms with Crippen LogP contribution in [0.3, 0.4) is 0 Å². The van der Waals surface area contributed by atoms with Gasteiger partial charge in [0.15, 0.2) is 5.84 Å². The zero-order chi connectivity index (χ0) is 24.5. The summed E-state index contributed by atoms with van der Waals surface area (Å²) in [5.74, 6) is 5.84. The van der Waals surface area contributed by atoms with Crippen LogP contribution in [-0.4, -0.2) is 72.0 Å². The number of oxime groups is 1. The van der Waals surface area contributed by atoms with Crippen molar-refractivity contribution < 1.29 is 24.3 Å². The fourth-order valence-corrected chi connectivity index (χ4v) is 3.90. The van der Waals surface area contributed by atoms with Crippen molar-refractivity contribution >= 4 is 23.7 Å². The highest BCUT2D eigenvalue weighted by molar-refractivity contribution is 6.10. The van der Waals surface area contributed by atoms with E-state index in [1.54, 1.807) is 61.5 Å². The van der Waals surface area contributed by atoms with Crippen molar-refractivity contribution in [3.63, 3.8) is 0 Å². The molecule has 174 valence electrons. The van der Waals surface area contributed by atoms with Gasteiger partial charge in [-0.25, -0.2) is 4.79 Å². The molecule has 10 nitrogen and oxygen atoms in total. The van der Waals surface area contributed by atoms with E-state index in [4.69, 9.17) is 4.74 Å². The van der Waals surface area contributed by atoms with Gasteiger partial charge in [-0.15, -0.1) is 0 Å². The van der Waals surface area contributed by atoms with Gasteiger partial charge in [0.2, 0.25) is 5.54 Å². The van der Waals surface area contributed by atoms with E-state index in [1.807, 2.05) is 0 Å². The van der Waals surface area contributed by atoms with Crippen molar-refractivity contribution in [2.45, 2.75) is 12.1 Å². The summed E-state index contributed by atoms with van der Waals surface area (Å²) >= 11 is 0. The number of hydrogen-bond donors (Lipinski definition) is 3. The number of fused-ring (bicyclic) bond motifs is 1. The lowest BCUT2D eigenvalue weighted by atomic mass is 9.99. The quantitative estimate of drug-likeness (QED) is 0.156. The Labute approximate surface area is 196 Å². The average Bonchev–Trinajstić information content (AvgIpc) is 3.27. The lowest BCUT2D eigenvalue weighted by Gasteiger charge is -2.26. The van der Waals surface area contributed by atoms with E-state index in [2.05, 4.69) is 27.6 Å². The van der Waals surface area contributed by atoms with Crippen LogP contribution in [0.25, 0.3) is 0 Å². The topological polar surface area (TPSA) is 124 Å². The summed E-state index contributed by atoms with van der Waals surface area (Å²) in [6.07, 6.45) is 0. The molecule has 0 spiro atoms. The number of imide groups is 1. The van der Waals surface area contributed by atoms with E-state index in [-0.39, 0.29) is 19.0 Å². The molecule has 2 aliphatic rings. The smallest absolute Gasteiger partial charge is 0.323 e. The highest BCUT2D eigenvalue weighted by Gasteiger charge is 2.48. The first-order valence-electron chi connectivity index (χ1n) is 10.4. The highest BCUT2D eigenvalue weighted by Crippen LogP contribution is 2.28. The van der Waals surface area contributed by atoms with Gasteiger partial charge in [0, 0.05) is 37.3 Å². The molecular weight excluding hydrogens is 438 g/mol. The number of methoxy groups -OCH3 is 1. The number of rotatable bonds is 4. The molecule has 1 atom stereocenters. The van der Waals surface area contributed by atoms with E-state index in [0.29, 0.717) is 28.3 Å². The summed E-state index contributed by atoms with van der Waals surface area (Å²) in [6, 6.07) is 11.4. The summed E-state index contributed by atoms with van der Waals surface area (Å²) in [4.78, 5) is 40.9. The van der Waals surface area contributed by atoms with E-state index in [9.17, 15) is 19.6 Å². The minimum atomic E-state index is -1.60. The molecule has 0 saturated carbocycles. The third-order valence-electron chi connectivity index (χ3n) is 5.65. The van der Waals surface area contributed by atoms with Gasteiger partial charge >= 0.3 is 6.03 Å². The largest absolute Gasteiger partial charge is 0.497 e. The van der Waals surface area contributed by atoms with Gasteiger partial charge < -0.3 is 25.1 Å². The number of carbonyl (C=O) groups is 3. The summed E-state index contributed by atoms with van der Waals surface area (Å²) in [6.45, 7) is 0.167. The molecule has 2 aromatic rings. The molecule has 0 radical (unpaired) electrons. The number of nitrogens with one attached hydrogen (secondary N) is 2. The molecule has 1 unspecified atom stereocenters. The van der Waals surface area contributed by atoms with Crippen molar-refractivity contribution in [1.29, 1.82) is 0 Å². The molecular formula is C24H23N5O5. The molecule has 0 aliphatic carbocycles. The molecule has 0 aromatic heterocycles. The molecule has 34 heavy (non-hydrogen) atoms. The van der Waals surface area contributed by atoms with Gasteiger partial charge in [-0.2, -0.15) is 0 Å². The maximum atomic E-state index is 13.0. The number of benzene rings is 2. The number of urea groups is 1. The monoisotopic (exact) mass is 461 g/mol. The summed E-state index contributed by atoms with van der Waals surface area (Å²) in [7, 11) is 5.02. The van der Waals surface area contributed by atoms with Crippen LogP contribution in [0, 0.1) is 11.8 Å². The molecule has 10 heteroatoms. The number of ether oxygens (including phenoxy) is 1. The highest BCUT2D eigenvalue weighted by atomic mass is 16.5. The van der Waals surface area contributed by atoms with E-state index < -0.39 is 17.5 Å². The Morgan fingerprint density at radius 2 is 1.94 bits per heavy atom. The lowest BCUT2D eigenvalue weighted by molar-refractivity contribution is -0.122. The van der Waals surface area contributed by atoms with Gasteiger partial charge in [-0.3, -0.25) is 14.9 Å². The second-order valence-electron chi connectivity index (χ2n) is 8.14. The predicted octanol–water partition coefficient (Wildman–Crippen LogP) is 0.978. The molecule has 0 bridgehead atoms. The normalized spacial score (nSPS) is 19.2. The van der Waals surface area contributed by atoms with Crippen LogP contribution >= 0.6 is 0 Å². The molecule has 2 aromatic carbocycles. The van der Waals surface area contributed by atoms with Crippen molar-refractivity contribution in [3.05, 3.63) is 64.7 Å². The van der Waals surface area contributed by atoms with Crippen molar-refractivity contribution in [2.24, 2.45) is 5.16 Å². The lowest BCUT2D eigenvalue weighted by Crippen LogP contribution is -2.54. The minimum Gasteiger partial charge on any atom is -0.497 e. The second kappa shape index (κ2) is 8.78. The van der Waals surface area contributed by atoms with Crippen LogP contribution in [0.5, 0.6) is 5.75 Å². The standard InChI is InChI=1S/C24H23N5O5/c1-28(2)20(27-33)16-6-4-15(5-7-16)10-11-24(22(31)25-23(32)26-24)14-29-13-17-8-9-18(34-3)12-19(17)21(29)30/h4-9,12,33H,13-14H2,1-3H3,(H2,25,26,31,32). The van der Waals surface area contributed by atoms with Crippen LogP contribution < -0.4 is 15.4 Å². The van der Waals surface area contributed by atoms with Gasteiger partial charge in [-0.1, -0.05) is 23.1 Å². The van der Waals surface area contributed by atoms with Gasteiger partial charge in [0.1, 0.15) is 5.75 Å². The third kappa shape index (κ3) is 4.11. The first kappa shape index (κ1) is 22.7. The Kier molecular flexibility index (Phi) is 5.86. The first-order valence-corrected chi connectivity index (χ1v) is 10.4. The minimum absolute atomic E-state index is 0.118. The number of carbonyl (C=O) groups excluding carboxylic acids is 3. The second-order valence-corrected chi connectivity index (χ2v) is 8.14. The van der Waals surface area contributed by atoms with Crippen molar-refractivity contribution in [2.75, 3.05) is 27.7 Å². The molecule has 3 N–H and O–H groups in total. The third-order valence-corrected chi connectivity index (χ3v) is 5.65. The number of amides is 4. The van der Waals surface area contributed by atoms with Crippen LogP contribution in [0.15, 0.2) is 47.6 Å². The fourth-order valence-electron chi connectivity index (χ4n) is 3.90. The van der Waals surface area contributed by atoms with Crippen LogP contribution in [-0.2, 0) is 11.3 Å². The first-order chi connectivity index (χ1) is 16.3. The van der Waals surface area contributed by atoms with Crippen LogP contribution in [0.1, 0.15) is 27.0 Å². The maximum Gasteiger partial charge on any atom is 0.323 e. The fraction of sp³-hybridized carbons (Fsp3) is 0.250. The Morgan fingerprint density at radius 3 is 2.53 bits per heavy atom. The SMILES string of the molecule is COc1ccc2c(c1)C(=O)N(CC1(C#Cc3ccc(C(=NO)N(C)C)cc3)NC(=O)NC1=O)C2. The Bertz CT molecular complexity index is 1260. The van der Waals surface area contributed by atoms with E-state index >= 15 is 0 Å². The van der Waals surface area contributed by atoms with Gasteiger partial charge in [0.05, 0.1) is 13.7 Å². The summed E-state index contributed by atoms with van der Waals surface area (Å²) < 4.78 is 5.20. The zero-order valence-electron chi connectivity index (χ0n) is 18.9. The van der Waals surface area contributed by atoms with Gasteiger partial charge in [-0.05, 0) is 42.0 Å². The maximum absolute atomic E-state index is 13.0. The number of amidine groups is 1. The molecule has 2 heterocycles. The molecule has 4 amide bonds. The predicted molar refractivity (Wildman–Crippen MR) is 122 cm³/mol. The Hall–Kier alpha value is -4.52. The molecule has 1 fully saturated rings. The Morgan fingerprint density at radius 1 is 1.21 bits per heavy atom. The van der Waals surface area contributed by atoms with E-state index in [1.165, 1.54) is 12.0 Å². The van der Waals surface area contributed by atoms with E-state index in [0.717, 1.165) is 5.56 Å². The zero-order valence-corrected chi connectivity index (χ0v) is 18.9. The van der Waals surface area contributed by atoms with Crippen molar-refractivity contribution in [3.8, 4) is 17.6 Å². The summed E-state index contributed by atoms with van der Waals surface area (Å²) in [5.41, 5.74) is 0.949. The van der Waals surface area contributed by atoms with Crippen LogP contribution in [0.2, 0.25) is 0 Å². The molecule has 2 aliphatic heterocycles. The van der Waals surface area contributed by atoms with Gasteiger partial charge in [0.25, 0.3) is 11.8 Å². The van der Waals surface area contributed by atoms with Crippen LogP contribution in [0.4, 0.5) is 4.79 Å². The Balaban J connectivity index is 1.61. The average molecular weight is 461 g/mol. The number of nitrogens with zero attached hydrogens (tertiary/aromatic N) is 3. The van der Waals surface area contributed by atoms with Crippen molar-refractivity contribution in [1.82, 2.24) is 20.4 Å². The summed E-state index contributed by atoms with van der Waals surface area (Å²) in [5, 5.41) is 17.3.